The maximum Gasteiger partial charge on any atom is 0.146 e. The zero-order chi connectivity index (χ0) is 13.8. The van der Waals surface area contributed by atoms with Crippen LogP contribution in [-0.4, -0.2) is 25.8 Å². The highest BCUT2D eigenvalue weighted by Gasteiger charge is 2.22. The number of ether oxygens (including phenoxy) is 1. The van der Waals surface area contributed by atoms with Crippen molar-refractivity contribution in [1.82, 2.24) is 0 Å². The van der Waals surface area contributed by atoms with Crippen LogP contribution < -0.4 is 10.6 Å². The van der Waals surface area contributed by atoms with Gasteiger partial charge in [0.15, 0.2) is 0 Å². The van der Waals surface area contributed by atoms with Crippen LogP contribution in [0.4, 0.5) is 10.1 Å². The summed E-state index contributed by atoms with van der Waals surface area (Å²) < 4.78 is 19.8. The van der Waals surface area contributed by atoms with Crippen LogP contribution in [0, 0.1) is 5.82 Å². The Morgan fingerprint density at radius 1 is 1.53 bits per heavy atom. The second kappa shape index (κ2) is 6.35. The van der Waals surface area contributed by atoms with Crippen molar-refractivity contribution in [2.75, 3.05) is 24.6 Å². The van der Waals surface area contributed by atoms with Gasteiger partial charge < -0.3 is 15.4 Å². The summed E-state index contributed by atoms with van der Waals surface area (Å²) >= 11 is 0. The highest BCUT2D eigenvalue weighted by Crippen LogP contribution is 2.26. The summed E-state index contributed by atoms with van der Waals surface area (Å²) in [6.45, 7) is 6.22. The molecule has 2 rings (SSSR count). The third-order valence-corrected chi connectivity index (χ3v) is 3.62. The summed E-state index contributed by atoms with van der Waals surface area (Å²) in [6.07, 6.45) is 2.31. The fourth-order valence-electron chi connectivity index (χ4n) is 2.59. The smallest absolute Gasteiger partial charge is 0.146 e. The van der Waals surface area contributed by atoms with Crippen LogP contribution in [0.15, 0.2) is 18.2 Å². The van der Waals surface area contributed by atoms with Crippen LogP contribution >= 0.6 is 0 Å². The van der Waals surface area contributed by atoms with Crippen molar-refractivity contribution in [3.63, 3.8) is 0 Å². The molecule has 1 aliphatic heterocycles. The van der Waals surface area contributed by atoms with E-state index in [4.69, 9.17) is 10.5 Å². The Morgan fingerprint density at radius 2 is 2.32 bits per heavy atom. The van der Waals surface area contributed by atoms with Crippen molar-refractivity contribution >= 4 is 5.69 Å². The van der Waals surface area contributed by atoms with Gasteiger partial charge in [-0.25, -0.2) is 4.39 Å². The van der Waals surface area contributed by atoms with Crippen LogP contribution in [0.1, 0.15) is 38.3 Å². The number of benzene rings is 1. The molecule has 1 saturated heterocycles. The quantitative estimate of drug-likeness (QED) is 0.910. The molecule has 2 atom stereocenters. The number of piperidine rings is 1. The Balaban J connectivity index is 2.12. The number of halogens is 1. The molecule has 1 aromatic rings. The Kier molecular flexibility index (Phi) is 4.77. The molecule has 0 radical (unpaired) electrons. The van der Waals surface area contributed by atoms with Gasteiger partial charge in [-0.1, -0.05) is 6.07 Å². The summed E-state index contributed by atoms with van der Waals surface area (Å²) in [5, 5.41) is 0. The van der Waals surface area contributed by atoms with E-state index in [2.05, 4.69) is 4.90 Å². The maximum atomic E-state index is 14.2. The van der Waals surface area contributed by atoms with E-state index in [1.165, 1.54) is 0 Å². The van der Waals surface area contributed by atoms with Gasteiger partial charge >= 0.3 is 0 Å². The standard InChI is InChI=1S/C15H23FN2O/c1-3-19-13-5-4-8-18(10-13)15-7-6-12(11(2)17)9-14(15)16/h6-7,9,11,13H,3-5,8,10,17H2,1-2H3/t11-,13?/m0/s1. The molecule has 0 saturated carbocycles. The average molecular weight is 266 g/mol. The van der Waals surface area contributed by atoms with Gasteiger partial charge in [-0.05, 0) is 44.4 Å². The lowest BCUT2D eigenvalue weighted by molar-refractivity contribution is 0.0525. The number of nitrogens with two attached hydrogens (primary N) is 1. The molecule has 1 heterocycles. The van der Waals surface area contributed by atoms with Gasteiger partial charge in [0.1, 0.15) is 5.82 Å². The predicted octanol–water partition coefficient (Wildman–Crippen LogP) is 2.85. The third kappa shape index (κ3) is 3.45. The van der Waals surface area contributed by atoms with Gasteiger partial charge in [0, 0.05) is 25.7 Å². The first-order valence-corrected chi connectivity index (χ1v) is 7.03. The van der Waals surface area contributed by atoms with Crippen molar-refractivity contribution in [2.45, 2.75) is 38.8 Å². The number of hydrogen-bond acceptors (Lipinski definition) is 3. The highest BCUT2D eigenvalue weighted by molar-refractivity contribution is 5.50. The second-order valence-corrected chi connectivity index (χ2v) is 5.17. The van der Waals surface area contributed by atoms with Gasteiger partial charge in [-0.15, -0.1) is 0 Å². The lowest BCUT2D eigenvalue weighted by Crippen LogP contribution is -2.40. The minimum absolute atomic E-state index is 0.138. The number of nitrogens with zero attached hydrogens (tertiary/aromatic N) is 1. The van der Waals surface area contributed by atoms with E-state index in [1.54, 1.807) is 6.07 Å². The molecule has 2 N–H and O–H groups in total. The molecule has 0 aliphatic carbocycles. The van der Waals surface area contributed by atoms with Gasteiger partial charge in [0.25, 0.3) is 0 Å². The Morgan fingerprint density at radius 3 is 2.95 bits per heavy atom. The van der Waals surface area contributed by atoms with Crippen LogP contribution in [0.25, 0.3) is 0 Å². The fraction of sp³-hybridized carbons (Fsp3) is 0.600. The van der Waals surface area contributed by atoms with Gasteiger partial charge in [0.05, 0.1) is 11.8 Å². The first-order valence-electron chi connectivity index (χ1n) is 7.03. The Bertz CT molecular complexity index is 421. The van der Waals surface area contributed by atoms with Crippen LogP contribution in [0.3, 0.4) is 0 Å². The van der Waals surface area contributed by atoms with E-state index in [1.807, 2.05) is 26.0 Å². The van der Waals surface area contributed by atoms with E-state index in [0.717, 1.165) is 31.5 Å². The zero-order valence-corrected chi connectivity index (χ0v) is 11.7. The van der Waals surface area contributed by atoms with E-state index in [-0.39, 0.29) is 18.0 Å². The Hall–Kier alpha value is -1.13. The number of rotatable bonds is 4. The Labute approximate surface area is 114 Å². The molecule has 1 aromatic carbocycles. The second-order valence-electron chi connectivity index (χ2n) is 5.17. The normalized spacial score (nSPS) is 21.5. The minimum atomic E-state index is -0.188. The minimum Gasteiger partial charge on any atom is -0.377 e. The van der Waals surface area contributed by atoms with E-state index in [9.17, 15) is 4.39 Å². The molecular weight excluding hydrogens is 243 g/mol. The molecule has 0 bridgehead atoms. The molecule has 19 heavy (non-hydrogen) atoms. The lowest BCUT2D eigenvalue weighted by atomic mass is 10.0. The van der Waals surface area contributed by atoms with Crippen LogP contribution in [0.2, 0.25) is 0 Å². The zero-order valence-electron chi connectivity index (χ0n) is 11.7. The molecule has 0 amide bonds. The molecule has 4 heteroatoms. The predicted molar refractivity (Wildman–Crippen MR) is 75.9 cm³/mol. The van der Waals surface area contributed by atoms with Gasteiger partial charge in [-0.2, -0.15) is 0 Å². The SMILES string of the molecule is CCOC1CCCN(c2ccc([C@H](C)N)cc2F)C1. The molecule has 1 fully saturated rings. The van der Waals surface area contributed by atoms with E-state index >= 15 is 0 Å². The largest absolute Gasteiger partial charge is 0.377 e. The molecule has 1 aliphatic rings. The summed E-state index contributed by atoms with van der Waals surface area (Å²) in [5.41, 5.74) is 7.27. The van der Waals surface area contributed by atoms with Crippen molar-refractivity contribution in [2.24, 2.45) is 5.73 Å². The van der Waals surface area contributed by atoms with Crippen LogP contribution in [-0.2, 0) is 4.74 Å². The van der Waals surface area contributed by atoms with Crippen molar-refractivity contribution in [1.29, 1.82) is 0 Å². The van der Waals surface area contributed by atoms with Crippen molar-refractivity contribution < 1.29 is 9.13 Å². The summed E-state index contributed by atoms with van der Waals surface area (Å²) in [5.74, 6) is -0.188. The van der Waals surface area contributed by atoms with E-state index < -0.39 is 0 Å². The first-order chi connectivity index (χ1) is 9.11. The van der Waals surface area contributed by atoms with Crippen molar-refractivity contribution in [3.8, 4) is 0 Å². The number of hydrogen-bond donors (Lipinski definition) is 1. The molecule has 3 nitrogen and oxygen atoms in total. The molecule has 106 valence electrons. The highest BCUT2D eigenvalue weighted by atomic mass is 19.1. The van der Waals surface area contributed by atoms with Gasteiger partial charge in [0.2, 0.25) is 0 Å². The monoisotopic (exact) mass is 266 g/mol. The third-order valence-electron chi connectivity index (χ3n) is 3.62. The number of anilines is 1. The van der Waals surface area contributed by atoms with Crippen LogP contribution in [0.5, 0.6) is 0 Å². The first kappa shape index (κ1) is 14.3. The summed E-state index contributed by atoms with van der Waals surface area (Å²) in [4.78, 5) is 2.07. The summed E-state index contributed by atoms with van der Waals surface area (Å²) in [6, 6.07) is 5.15. The maximum absolute atomic E-state index is 14.2. The molecular formula is C15H23FN2O. The van der Waals surface area contributed by atoms with E-state index in [0.29, 0.717) is 12.3 Å². The average Bonchev–Trinajstić information content (AvgIpc) is 2.39. The fourth-order valence-corrected chi connectivity index (χ4v) is 2.59. The van der Waals surface area contributed by atoms with Gasteiger partial charge in [-0.3, -0.25) is 0 Å². The molecule has 0 spiro atoms. The topological polar surface area (TPSA) is 38.5 Å². The summed E-state index contributed by atoms with van der Waals surface area (Å²) in [7, 11) is 0. The molecule has 0 aromatic heterocycles. The molecule has 1 unspecified atom stereocenters. The lowest BCUT2D eigenvalue weighted by Gasteiger charge is -2.34. The van der Waals surface area contributed by atoms with Crippen molar-refractivity contribution in [3.05, 3.63) is 29.6 Å².